The van der Waals surface area contributed by atoms with Gasteiger partial charge < -0.3 is 4.65 Å². The van der Waals surface area contributed by atoms with Crippen molar-refractivity contribution < 1.29 is 4.65 Å². The molecule has 0 atom stereocenters. The molecule has 22 heavy (non-hydrogen) atoms. The van der Waals surface area contributed by atoms with Crippen LogP contribution >= 0.6 is 0 Å². The molecule has 0 N–H and O–H groups in total. The van der Waals surface area contributed by atoms with E-state index in [1.807, 2.05) is 42.5 Å². The summed E-state index contributed by atoms with van der Waals surface area (Å²) in [7, 11) is 1.58. The Labute approximate surface area is 129 Å². The zero-order valence-corrected chi connectivity index (χ0v) is 11.9. The van der Waals surface area contributed by atoms with Crippen LogP contribution in [0.15, 0.2) is 67.4 Å². The van der Waals surface area contributed by atoms with Crippen LogP contribution in [-0.4, -0.2) is 12.5 Å². The van der Waals surface area contributed by atoms with E-state index in [2.05, 4.69) is 17.6 Å². The third-order valence-corrected chi connectivity index (χ3v) is 3.29. The van der Waals surface area contributed by atoms with Crippen LogP contribution in [-0.2, 0) is 0 Å². The summed E-state index contributed by atoms with van der Waals surface area (Å²) in [5.41, 5.74) is 2.95. The summed E-state index contributed by atoms with van der Waals surface area (Å²) >= 11 is 0. The van der Waals surface area contributed by atoms with Gasteiger partial charge in [0.25, 0.3) is 0 Å². The first-order chi connectivity index (χ1) is 10.8. The molecule has 0 unspecified atom stereocenters. The number of aromatic nitrogens is 1. The topological polar surface area (TPSA) is 45.9 Å². The first-order valence-corrected chi connectivity index (χ1v) is 6.81. The predicted octanol–water partition coefficient (Wildman–Crippen LogP) is 3.78. The molecule has 0 spiro atoms. The van der Waals surface area contributed by atoms with Crippen LogP contribution in [0, 0.1) is 11.3 Å². The van der Waals surface area contributed by atoms with Gasteiger partial charge in [0.2, 0.25) is 0 Å². The maximum atomic E-state index is 8.94. The molecule has 4 heteroatoms. The van der Waals surface area contributed by atoms with Crippen LogP contribution in [0.3, 0.4) is 0 Å². The molecular weight excluding hydrogens is 271 g/mol. The van der Waals surface area contributed by atoms with Crippen LogP contribution in [0.4, 0.5) is 0 Å². The Hall–Kier alpha value is -3.06. The van der Waals surface area contributed by atoms with Crippen molar-refractivity contribution in [3.05, 3.63) is 78.5 Å². The van der Waals surface area contributed by atoms with Crippen molar-refractivity contribution in [2.24, 2.45) is 0 Å². The molecule has 0 aliphatic rings. The van der Waals surface area contributed by atoms with Gasteiger partial charge in [-0.2, -0.15) is 5.26 Å². The van der Waals surface area contributed by atoms with E-state index < -0.39 is 0 Å². The summed E-state index contributed by atoms with van der Waals surface area (Å²) in [5.74, 6) is 0.677. The summed E-state index contributed by atoms with van der Waals surface area (Å²) < 4.78 is 5.74. The van der Waals surface area contributed by atoms with Crippen LogP contribution < -0.4 is 4.65 Å². The Kier molecular flexibility index (Phi) is 3.89. The standard InChI is InChI=1S/C18H12BN2O/c1-13(16-7-2-5-14(11-16)12-20)19-22-17-9-3-6-15-8-4-10-21-18(15)17/h2-11H,1H2. The minimum atomic E-state index is 0.596. The highest BCUT2D eigenvalue weighted by Gasteiger charge is 2.08. The monoisotopic (exact) mass is 283 g/mol. The average molecular weight is 283 g/mol. The number of benzene rings is 2. The van der Waals surface area contributed by atoms with Crippen LogP contribution in [0.2, 0.25) is 0 Å². The summed E-state index contributed by atoms with van der Waals surface area (Å²) in [5, 5.41) is 9.96. The molecule has 1 radical (unpaired) electrons. The molecule has 0 bridgehead atoms. The van der Waals surface area contributed by atoms with Crippen molar-refractivity contribution in [2.45, 2.75) is 0 Å². The number of fused-ring (bicyclic) bond motifs is 1. The average Bonchev–Trinajstić information content (AvgIpc) is 2.59. The van der Waals surface area contributed by atoms with Gasteiger partial charge in [-0.3, -0.25) is 4.98 Å². The van der Waals surface area contributed by atoms with Gasteiger partial charge in [0.1, 0.15) is 11.3 Å². The van der Waals surface area contributed by atoms with Gasteiger partial charge >= 0.3 is 7.48 Å². The Morgan fingerprint density at radius 2 is 1.95 bits per heavy atom. The molecule has 1 aromatic heterocycles. The fourth-order valence-electron chi connectivity index (χ4n) is 2.16. The molecule has 3 nitrogen and oxygen atoms in total. The quantitative estimate of drug-likeness (QED) is 0.684. The van der Waals surface area contributed by atoms with E-state index >= 15 is 0 Å². The molecular formula is C18H12BN2O. The van der Waals surface area contributed by atoms with Crippen LogP contribution in [0.1, 0.15) is 11.1 Å². The molecule has 0 fully saturated rings. The molecule has 0 amide bonds. The van der Waals surface area contributed by atoms with Gasteiger partial charge in [-0.1, -0.05) is 30.3 Å². The van der Waals surface area contributed by atoms with Crippen molar-refractivity contribution in [3.63, 3.8) is 0 Å². The molecule has 103 valence electrons. The lowest BCUT2D eigenvalue weighted by Crippen LogP contribution is -2.05. The minimum Gasteiger partial charge on any atom is -0.556 e. The lowest BCUT2D eigenvalue weighted by Gasteiger charge is -2.09. The zero-order chi connectivity index (χ0) is 15.4. The molecule has 1 heterocycles. The molecule has 0 aliphatic carbocycles. The van der Waals surface area contributed by atoms with E-state index in [0.717, 1.165) is 16.5 Å². The Morgan fingerprint density at radius 1 is 1.14 bits per heavy atom. The maximum absolute atomic E-state index is 8.94. The fourth-order valence-corrected chi connectivity index (χ4v) is 2.16. The van der Waals surface area contributed by atoms with Crippen LogP contribution in [0.5, 0.6) is 5.75 Å². The van der Waals surface area contributed by atoms with Gasteiger partial charge in [-0.05, 0) is 35.3 Å². The van der Waals surface area contributed by atoms with Crippen molar-refractivity contribution in [3.8, 4) is 11.8 Å². The number of hydrogen-bond donors (Lipinski definition) is 0. The van der Waals surface area contributed by atoms with Gasteiger partial charge in [0.05, 0.1) is 11.6 Å². The largest absolute Gasteiger partial charge is 0.556 e. The molecule has 3 rings (SSSR count). The smallest absolute Gasteiger partial charge is 0.408 e. The summed E-state index contributed by atoms with van der Waals surface area (Å²) in [6.07, 6.45) is 1.74. The number of nitriles is 1. The molecule has 0 aliphatic heterocycles. The summed E-state index contributed by atoms with van der Waals surface area (Å²) in [6.45, 7) is 3.99. The van der Waals surface area contributed by atoms with E-state index in [0.29, 0.717) is 16.8 Å². The Morgan fingerprint density at radius 3 is 2.82 bits per heavy atom. The second-order valence-electron chi connectivity index (χ2n) is 4.78. The number of rotatable bonds is 4. The molecule has 2 aromatic carbocycles. The van der Waals surface area contributed by atoms with E-state index in [1.165, 1.54) is 0 Å². The van der Waals surface area contributed by atoms with Gasteiger partial charge in [-0.25, -0.2) is 0 Å². The summed E-state index contributed by atoms with van der Waals surface area (Å²) in [6, 6.07) is 19.0. The van der Waals surface area contributed by atoms with Gasteiger partial charge in [0.15, 0.2) is 0 Å². The van der Waals surface area contributed by atoms with Crippen molar-refractivity contribution in [2.75, 3.05) is 0 Å². The lowest BCUT2D eigenvalue weighted by molar-refractivity contribution is 0.611. The minimum absolute atomic E-state index is 0.596. The summed E-state index contributed by atoms with van der Waals surface area (Å²) in [4.78, 5) is 4.34. The van der Waals surface area contributed by atoms with Crippen molar-refractivity contribution in [1.29, 1.82) is 5.26 Å². The number of nitrogens with zero attached hydrogens (tertiary/aromatic N) is 2. The maximum Gasteiger partial charge on any atom is 0.408 e. The van der Waals surface area contributed by atoms with Crippen molar-refractivity contribution >= 4 is 23.9 Å². The number of hydrogen-bond acceptors (Lipinski definition) is 3. The predicted molar refractivity (Wildman–Crippen MR) is 88.3 cm³/mol. The van der Waals surface area contributed by atoms with E-state index in [4.69, 9.17) is 9.92 Å². The van der Waals surface area contributed by atoms with E-state index in [9.17, 15) is 0 Å². The van der Waals surface area contributed by atoms with Gasteiger partial charge in [-0.15, -0.1) is 6.58 Å². The molecule has 0 saturated carbocycles. The second kappa shape index (κ2) is 6.15. The Balaban J connectivity index is 1.79. The van der Waals surface area contributed by atoms with E-state index in [1.54, 1.807) is 25.8 Å². The fraction of sp³-hybridized carbons (Fsp3) is 0. The van der Waals surface area contributed by atoms with Crippen LogP contribution in [0.25, 0.3) is 16.4 Å². The number of pyridine rings is 1. The highest BCUT2D eigenvalue weighted by molar-refractivity contribution is 6.55. The zero-order valence-electron chi connectivity index (χ0n) is 11.9. The first-order valence-electron chi connectivity index (χ1n) is 6.81. The third kappa shape index (κ3) is 2.84. The SMILES string of the molecule is C=C([B]Oc1cccc2cccnc12)c1cccc(C#N)c1. The Bertz CT molecular complexity index is 878. The molecule has 0 saturated heterocycles. The van der Waals surface area contributed by atoms with Gasteiger partial charge in [0, 0.05) is 11.6 Å². The van der Waals surface area contributed by atoms with E-state index in [-0.39, 0.29) is 0 Å². The molecule has 3 aromatic rings. The highest BCUT2D eigenvalue weighted by atomic mass is 16.4. The number of para-hydroxylation sites is 1. The second-order valence-corrected chi connectivity index (χ2v) is 4.78. The normalized spacial score (nSPS) is 9.95. The first kappa shape index (κ1) is 13.9. The third-order valence-electron chi connectivity index (χ3n) is 3.29. The lowest BCUT2D eigenvalue weighted by atomic mass is 9.82. The van der Waals surface area contributed by atoms with Crippen molar-refractivity contribution in [1.82, 2.24) is 4.98 Å². The highest BCUT2D eigenvalue weighted by Crippen LogP contribution is 2.23.